The summed E-state index contributed by atoms with van der Waals surface area (Å²) in [5, 5.41) is 7.25. The number of isothiocyanates is 1. The number of nitrogens with zero attached hydrogens (tertiary/aromatic N) is 2. The van der Waals surface area contributed by atoms with Crippen molar-refractivity contribution in [2.75, 3.05) is 6.54 Å². The minimum Gasteiger partial charge on any atom is -0.314 e. The lowest BCUT2D eigenvalue weighted by Crippen LogP contribution is -2.21. The van der Waals surface area contributed by atoms with Gasteiger partial charge in [0.05, 0.1) is 22.1 Å². The SMILES string of the molecule is C#Cn1c(-c2ccc(N=C=S)cc2)c(CCC2CCCN2)c2ccccc21. The largest absolute Gasteiger partial charge is 0.314 e. The first-order valence-electron chi connectivity index (χ1n) is 9.32. The predicted molar refractivity (Wildman–Crippen MR) is 116 cm³/mol. The molecular weight excluding hydrogens is 350 g/mol. The number of benzene rings is 2. The fraction of sp³-hybridized carbons (Fsp3) is 0.261. The molecule has 1 atom stereocenters. The summed E-state index contributed by atoms with van der Waals surface area (Å²) in [5.41, 5.74) is 5.42. The quantitative estimate of drug-likeness (QED) is 0.381. The van der Waals surface area contributed by atoms with Gasteiger partial charge in [-0.1, -0.05) is 36.8 Å². The van der Waals surface area contributed by atoms with Crippen molar-refractivity contribution in [2.45, 2.75) is 31.7 Å². The number of terminal acetylenes is 1. The smallest absolute Gasteiger partial charge is 0.0740 e. The van der Waals surface area contributed by atoms with Crippen molar-refractivity contribution in [3.05, 3.63) is 54.1 Å². The van der Waals surface area contributed by atoms with Crippen LogP contribution in [0.25, 0.3) is 22.2 Å². The highest BCUT2D eigenvalue weighted by Crippen LogP contribution is 2.35. The third-order valence-electron chi connectivity index (χ3n) is 5.33. The van der Waals surface area contributed by atoms with Gasteiger partial charge < -0.3 is 5.32 Å². The van der Waals surface area contributed by atoms with E-state index in [1.165, 1.54) is 23.8 Å². The van der Waals surface area contributed by atoms with E-state index < -0.39 is 0 Å². The molecule has 1 saturated heterocycles. The van der Waals surface area contributed by atoms with E-state index in [1.807, 2.05) is 22.8 Å². The van der Waals surface area contributed by atoms with Crippen molar-refractivity contribution in [3.8, 4) is 23.7 Å². The van der Waals surface area contributed by atoms with E-state index in [1.54, 1.807) is 0 Å². The van der Waals surface area contributed by atoms with Gasteiger partial charge in [-0.15, -0.1) is 0 Å². The summed E-state index contributed by atoms with van der Waals surface area (Å²) in [6, 6.07) is 19.9. The Hall–Kier alpha value is -2.70. The molecule has 1 unspecified atom stereocenters. The molecule has 0 bridgehead atoms. The Morgan fingerprint density at radius 3 is 2.70 bits per heavy atom. The summed E-state index contributed by atoms with van der Waals surface area (Å²) in [5.74, 6) is 0. The molecule has 1 aromatic heterocycles. The molecule has 2 aromatic carbocycles. The van der Waals surface area contributed by atoms with Crippen LogP contribution in [0.5, 0.6) is 0 Å². The fourth-order valence-electron chi connectivity index (χ4n) is 4.07. The minimum absolute atomic E-state index is 0.602. The second-order valence-corrected chi connectivity index (χ2v) is 7.07. The van der Waals surface area contributed by atoms with E-state index in [2.05, 4.69) is 51.8 Å². The van der Waals surface area contributed by atoms with Crippen LogP contribution < -0.4 is 5.32 Å². The van der Waals surface area contributed by atoms with E-state index in [0.29, 0.717) is 6.04 Å². The number of aryl methyl sites for hydroxylation is 1. The number of rotatable bonds is 5. The van der Waals surface area contributed by atoms with Gasteiger partial charge >= 0.3 is 0 Å². The van der Waals surface area contributed by atoms with Gasteiger partial charge in [0.2, 0.25) is 0 Å². The molecule has 0 spiro atoms. The average molecular weight is 372 g/mol. The van der Waals surface area contributed by atoms with Crippen LogP contribution in [0.1, 0.15) is 24.8 Å². The van der Waals surface area contributed by atoms with E-state index in [-0.39, 0.29) is 0 Å². The van der Waals surface area contributed by atoms with Crippen molar-refractivity contribution < 1.29 is 0 Å². The van der Waals surface area contributed by atoms with Crippen LogP contribution in [0.4, 0.5) is 5.69 Å². The van der Waals surface area contributed by atoms with Gasteiger partial charge in [0.1, 0.15) is 0 Å². The van der Waals surface area contributed by atoms with Crippen LogP contribution in [-0.4, -0.2) is 22.3 Å². The summed E-state index contributed by atoms with van der Waals surface area (Å²) >= 11 is 4.70. The molecule has 0 amide bonds. The number of hydrogen-bond donors (Lipinski definition) is 1. The van der Waals surface area contributed by atoms with Crippen molar-refractivity contribution >= 4 is 34.0 Å². The lowest BCUT2D eigenvalue weighted by atomic mass is 9.98. The van der Waals surface area contributed by atoms with Gasteiger partial charge in [-0.2, -0.15) is 4.99 Å². The Kier molecular flexibility index (Phi) is 5.18. The van der Waals surface area contributed by atoms with Crippen LogP contribution in [0.15, 0.2) is 53.5 Å². The molecule has 1 N–H and O–H groups in total. The number of thiocarbonyl (C=S) groups is 1. The number of para-hydroxylation sites is 1. The molecule has 1 fully saturated rings. The van der Waals surface area contributed by atoms with Crippen LogP contribution in [0.3, 0.4) is 0 Å². The standard InChI is InChI=1S/C23H21N3S/c1-2-26-22-8-4-3-7-20(22)21(14-13-18-6-5-15-24-18)23(26)17-9-11-19(12-10-17)25-16-27/h1,3-4,7-12,18,24H,5-6,13-15H2. The topological polar surface area (TPSA) is 29.3 Å². The zero-order valence-corrected chi connectivity index (χ0v) is 15.9. The van der Waals surface area contributed by atoms with E-state index in [9.17, 15) is 0 Å². The van der Waals surface area contributed by atoms with Crippen molar-refractivity contribution in [1.82, 2.24) is 9.88 Å². The van der Waals surface area contributed by atoms with Gasteiger partial charge in [-0.05, 0) is 73.8 Å². The van der Waals surface area contributed by atoms with E-state index >= 15 is 0 Å². The van der Waals surface area contributed by atoms with E-state index in [0.717, 1.165) is 41.8 Å². The van der Waals surface area contributed by atoms with Gasteiger partial charge in [-0.3, -0.25) is 4.57 Å². The second kappa shape index (κ2) is 7.90. The van der Waals surface area contributed by atoms with Crippen LogP contribution in [0, 0.1) is 12.5 Å². The molecule has 27 heavy (non-hydrogen) atoms. The maximum atomic E-state index is 5.92. The Balaban J connectivity index is 1.82. The normalized spacial score (nSPS) is 16.2. The van der Waals surface area contributed by atoms with Crippen LogP contribution in [-0.2, 0) is 6.42 Å². The lowest BCUT2D eigenvalue weighted by molar-refractivity contribution is 0.560. The highest BCUT2D eigenvalue weighted by atomic mass is 32.1. The number of aromatic nitrogens is 1. The zero-order valence-electron chi connectivity index (χ0n) is 15.1. The summed E-state index contributed by atoms with van der Waals surface area (Å²) < 4.78 is 1.98. The van der Waals surface area contributed by atoms with Gasteiger partial charge in [0.15, 0.2) is 0 Å². The van der Waals surface area contributed by atoms with Gasteiger partial charge in [0, 0.05) is 17.5 Å². The molecule has 4 heteroatoms. The maximum absolute atomic E-state index is 5.92. The molecule has 3 nitrogen and oxygen atoms in total. The Morgan fingerprint density at radius 1 is 1.19 bits per heavy atom. The molecule has 0 saturated carbocycles. The van der Waals surface area contributed by atoms with Crippen molar-refractivity contribution in [1.29, 1.82) is 0 Å². The second-order valence-electron chi connectivity index (χ2n) is 6.89. The van der Waals surface area contributed by atoms with Gasteiger partial charge in [0.25, 0.3) is 0 Å². The fourth-order valence-corrected chi connectivity index (χ4v) is 4.17. The molecule has 0 aliphatic carbocycles. The number of hydrogen-bond acceptors (Lipinski definition) is 3. The molecule has 2 heterocycles. The molecule has 1 aliphatic heterocycles. The first-order chi connectivity index (χ1) is 13.3. The summed E-state index contributed by atoms with van der Waals surface area (Å²) in [4.78, 5) is 4.05. The van der Waals surface area contributed by atoms with Crippen LogP contribution in [0.2, 0.25) is 0 Å². The number of aliphatic imine (C=N–C) groups is 1. The Bertz CT molecular complexity index is 1040. The molecule has 134 valence electrons. The van der Waals surface area contributed by atoms with E-state index in [4.69, 9.17) is 18.6 Å². The predicted octanol–water partition coefficient (Wildman–Crippen LogP) is 5.17. The minimum atomic E-state index is 0.602. The molecule has 0 radical (unpaired) electrons. The lowest BCUT2D eigenvalue weighted by Gasteiger charge is -2.12. The Labute approximate surface area is 165 Å². The van der Waals surface area contributed by atoms with Gasteiger partial charge in [-0.25, -0.2) is 0 Å². The molecule has 3 aromatic rings. The highest BCUT2D eigenvalue weighted by Gasteiger charge is 2.20. The molecule has 1 aliphatic rings. The first kappa shape index (κ1) is 17.7. The first-order valence-corrected chi connectivity index (χ1v) is 9.73. The molecule has 4 rings (SSSR count). The third kappa shape index (κ3) is 3.46. The monoisotopic (exact) mass is 371 g/mol. The zero-order chi connectivity index (χ0) is 18.6. The maximum Gasteiger partial charge on any atom is 0.0740 e. The van der Waals surface area contributed by atoms with Crippen LogP contribution >= 0.6 is 12.2 Å². The molecular formula is C23H21N3S. The summed E-state index contributed by atoms with van der Waals surface area (Å²) in [6.07, 6.45) is 10.6. The van der Waals surface area contributed by atoms with Crippen molar-refractivity contribution in [2.24, 2.45) is 4.99 Å². The third-order valence-corrected chi connectivity index (χ3v) is 5.42. The Morgan fingerprint density at radius 2 is 2.00 bits per heavy atom. The summed E-state index contributed by atoms with van der Waals surface area (Å²) in [7, 11) is 0. The summed E-state index contributed by atoms with van der Waals surface area (Å²) in [6.45, 7) is 1.13. The number of fused-ring (bicyclic) bond motifs is 1. The number of nitrogens with one attached hydrogen (secondary N) is 1. The van der Waals surface area contributed by atoms with Crippen molar-refractivity contribution in [3.63, 3.8) is 0 Å². The highest BCUT2D eigenvalue weighted by molar-refractivity contribution is 7.78. The average Bonchev–Trinajstić information content (AvgIpc) is 3.33.